The van der Waals surface area contributed by atoms with Crippen molar-refractivity contribution in [1.82, 2.24) is 14.7 Å². The van der Waals surface area contributed by atoms with Crippen molar-refractivity contribution in [3.63, 3.8) is 0 Å². The van der Waals surface area contributed by atoms with Crippen molar-refractivity contribution in [3.8, 4) is 22.6 Å². The van der Waals surface area contributed by atoms with Gasteiger partial charge in [0.15, 0.2) is 0 Å². The van der Waals surface area contributed by atoms with Gasteiger partial charge in [0.25, 0.3) is 21.6 Å². The van der Waals surface area contributed by atoms with E-state index in [9.17, 15) is 28.4 Å². The van der Waals surface area contributed by atoms with Gasteiger partial charge < -0.3 is 29.9 Å². The molecule has 15 heteroatoms. The second-order valence-electron chi connectivity index (χ2n) is 18.9. The van der Waals surface area contributed by atoms with Crippen molar-refractivity contribution in [3.05, 3.63) is 131 Å². The van der Waals surface area contributed by atoms with E-state index in [-0.39, 0.29) is 28.5 Å². The molecule has 2 aliphatic heterocycles. The van der Waals surface area contributed by atoms with Crippen molar-refractivity contribution < 1.29 is 28.0 Å². The number of nitrogens with one attached hydrogen (secondary N) is 3. The number of aromatic amines is 1. The number of H-pyrrole nitrogens is 1. The molecular weight excluding hydrogens is 855 g/mol. The third-order valence-electron chi connectivity index (χ3n) is 14.4. The lowest BCUT2D eigenvalue weighted by atomic mass is 9.80. The molecule has 66 heavy (non-hydrogen) atoms. The van der Waals surface area contributed by atoms with Crippen molar-refractivity contribution in [2.45, 2.75) is 93.1 Å². The van der Waals surface area contributed by atoms with Crippen LogP contribution in [0.3, 0.4) is 0 Å². The van der Waals surface area contributed by atoms with Gasteiger partial charge in [0, 0.05) is 60.7 Å². The van der Waals surface area contributed by atoms with Crippen molar-refractivity contribution in [1.29, 1.82) is 0 Å². The molecule has 342 valence electrons. The van der Waals surface area contributed by atoms with E-state index in [0.717, 1.165) is 73.6 Å². The first-order chi connectivity index (χ1) is 31.8. The summed E-state index contributed by atoms with van der Waals surface area (Å²) in [6, 6.07) is 29.5. The highest BCUT2D eigenvalue weighted by Gasteiger charge is 2.44. The first-order valence-corrected chi connectivity index (χ1v) is 24.6. The summed E-state index contributed by atoms with van der Waals surface area (Å²) in [7, 11) is -4.58. The van der Waals surface area contributed by atoms with Crippen LogP contribution >= 0.6 is 0 Å². The zero-order valence-electron chi connectivity index (χ0n) is 37.0. The fourth-order valence-electron chi connectivity index (χ4n) is 10.4. The number of benzene rings is 4. The number of fused-ring (bicyclic) bond motifs is 1. The number of aliphatic hydroxyl groups is 1. The maximum atomic E-state index is 14.0. The summed E-state index contributed by atoms with van der Waals surface area (Å²) in [5.41, 5.74) is 5.54. The number of hydrogen-bond donors (Lipinski definition) is 4. The molecule has 2 saturated carbocycles. The molecule has 14 nitrogen and oxygen atoms in total. The number of para-hydroxylation sites is 1. The molecule has 4 fully saturated rings. The summed E-state index contributed by atoms with van der Waals surface area (Å²) in [6.07, 6.45) is 13.3. The molecule has 2 aromatic heterocycles. The average Bonchev–Trinajstić information content (AvgIpc) is 3.93. The third kappa shape index (κ3) is 8.93. The van der Waals surface area contributed by atoms with Crippen LogP contribution in [-0.2, 0) is 10.0 Å². The van der Waals surface area contributed by atoms with Crippen LogP contribution in [0, 0.1) is 16.0 Å². The number of nitrogens with zero attached hydrogens (tertiary/aromatic N) is 4. The van der Waals surface area contributed by atoms with E-state index in [1.165, 1.54) is 61.3 Å². The van der Waals surface area contributed by atoms with Crippen molar-refractivity contribution in [2.75, 3.05) is 41.3 Å². The SMILES string of the molecule is CC1(O)CCC(CNc2ccc(S(=O)(=O)NC(=O)c3ccc(-c4ccc(N5CCC6(CCCN6c6ccccc6C6CC6)CC5)cc4)cc3Oc3cnc4[nH]ccc4c3)cc2[N+](=O)[O-])CC1. The monoisotopic (exact) mass is 909 g/mol. The standard InChI is InChI=1S/C51H55N7O7S/c1-50(60)21-17-34(18-22-50)32-53-44-16-14-41(31-46(44)58(61)62)66(63,64)55-49(59)43-15-11-37(30-47(43)65-40-29-38-19-25-52-48(38)54-33-40)35-9-12-39(13-10-35)56-27-23-51(24-28-56)20-4-26-57(51)45-6-3-2-5-42(45)36-7-8-36/h2-3,5-6,9-16,19,25,29-31,33-34,36,53,60H,4,7-8,17-18,20-24,26-28,32H2,1H3,(H,52,54)(H,55,59). The lowest BCUT2D eigenvalue weighted by Crippen LogP contribution is -2.52. The quantitative estimate of drug-likeness (QED) is 0.0639. The molecule has 1 spiro atoms. The molecule has 2 aliphatic carbocycles. The summed E-state index contributed by atoms with van der Waals surface area (Å²) in [6.45, 7) is 5.29. The van der Waals surface area contributed by atoms with Gasteiger partial charge in [-0.1, -0.05) is 36.4 Å². The van der Waals surface area contributed by atoms with Gasteiger partial charge in [-0.15, -0.1) is 0 Å². The number of anilines is 3. The summed E-state index contributed by atoms with van der Waals surface area (Å²) < 4.78 is 35.9. The fourth-order valence-corrected chi connectivity index (χ4v) is 11.4. The van der Waals surface area contributed by atoms with Crippen LogP contribution in [-0.4, -0.2) is 71.6 Å². The summed E-state index contributed by atoms with van der Waals surface area (Å²) in [4.78, 5) is 37.7. The minimum atomic E-state index is -4.58. The maximum absolute atomic E-state index is 14.0. The predicted octanol–water partition coefficient (Wildman–Crippen LogP) is 9.92. The molecule has 4 aliphatic rings. The van der Waals surface area contributed by atoms with Crippen molar-refractivity contribution in [2.24, 2.45) is 5.92 Å². The Hall–Kier alpha value is -6.45. The van der Waals surface area contributed by atoms with Crippen molar-refractivity contribution >= 4 is 49.7 Å². The number of carbonyl (C=O) groups excluding carboxylic acids is 1. The number of rotatable bonds is 13. The molecular formula is C51H55N7O7S. The highest BCUT2D eigenvalue weighted by atomic mass is 32.2. The molecule has 0 radical (unpaired) electrons. The molecule has 4 heterocycles. The maximum Gasteiger partial charge on any atom is 0.293 e. The van der Waals surface area contributed by atoms with Gasteiger partial charge in [0.2, 0.25) is 0 Å². The summed E-state index contributed by atoms with van der Waals surface area (Å²) in [5.74, 6) is 0.372. The number of sulfonamides is 1. The van der Waals surface area contributed by atoms with E-state index in [1.54, 1.807) is 24.4 Å². The lowest BCUT2D eigenvalue weighted by molar-refractivity contribution is -0.384. The van der Waals surface area contributed by atoms with Gasteiger partial charge in [-0.05, 0) is 154 Å². The van der Waals surface area contributed by atoms with E-state index in [1.807, 2.05) is 13.0 Å². The van der Waals surface area contributed by atoms with Gasteiger partial charge in [0.1, 0.15) is 22.8 Å². The minimum absolute atomic E-state index is 0.0599. The normalized spacial score (nSPS) is 20.7. The number of nitro groups is 1. The van der Waals surface area contributed by atoms with Crippen LogP contribution in [0.5, 0.6) is 11.5 Å². The molecule has 1 amide bonds. The number of piperidine rings is 1. The molecule has 4 N–H and O–H groups in total. The number of pyridine rings is 1. The van der Waals surface area contributed by atoms with E-state index < -0.39 is 37.0 Å². The predicted molar refractivity (Wildman–Crippen MR) is 256 cm³/mol. The topological polar surface area (TPSA) is 183 Å². The Kier molecular flexibility index (Phi) is 11.5. The average molecular weight is 910 g/mol. The Bertz CT molecular complexity index is 2900. The van der Waals surface area contributed by atoms with E-state index in [0.29, 0.717) is 36.7 Å². The van der Waals surface area contributed by atoms with E-state index in [4.69, 9.17) is 4.74 Å². The Morgan fingerprint density at radius 1 is 0.909 bits per heavy atom. The van der Waals surface area contributed by atoms with Crippen LogP contribution in [0.15, 0.2) is 114 Å². The summed E-state index contributed by atoms with van der Waals surface area (Å²) in [5, 5.41) is 26.4. The number of amides is 1. The zero-order valence-corrected chi connectivity index (χ0v) is 37.9. The second kappa shape index (κ2) is 17.4. The highest BCUT2D eigenvalue weighted by Crippen LogP contribution is 2.49. The Labute approximate surface area is 384 Å². The number of nitro benzene ring substituents is 1. The van der Waals surface area contributed by atoms with Gasteiger partial charge in [-0.3, -0.25) is 14.9 Å². The third-order valence-corrected chi connectivity index (χ3v) is 15.7. The Morgan fingerprint density at radius 2 is 1.67 bits per heavy atom. The van der Waals surface area contributed by atoms with Crippen LogP contribution in [0.4, 0.5) is 22.7 Å². The minimum Gasteiger partial charge on any atom is -0.455 e. The molecule has 10 rings (SSSR count). The van der Waals surface area contributed by atoms with Crippen LogP contribution in [0.25, 0.3) is 22.2 Å². The number of carbonyl (C=O) groups is 1. The van der Waals surface area contributed by atoms with E-state index >= 15 is 0 Å². The number of ether oxygens (including phenoxy) is 1. The molecule has 4 aromatic carbocycles. The van der Waals surface area contributed by atoms with Gasteiger partial charge in [-0.25, -0.2) is 18.1 Å². The van der Waals surface area contributed by atoms with Crippen LogP contribution in [0.2, 0.25) is 0 Å². The highest BCUT2D eigenvalue weighted by molar-refractivity contribution is 7.90. The number of aromatic nitrogens is 2. The summed E-state index contributed by atoms with van der Waals surface area (Å²) >= 11 is 0. The fraction of sp³-hybridized carbons (Fsp3) is 0.373. The first-order valence-electron chi connectivity index (χ1n) is 23.1. The zero-order chi connectivity index (χ0) is 45.6. The van der Waals surface area contributed by atoms with Crippen LogP contribution in [0.1, 0.15) is 93.0 Å². The van der Waals surface area contributed by atoms with Gasteiger partial charge in [-0.2, -0.15) is 0 Å². The molecule has 0 bridgehead atoms. The Morgan fingerprint density at radius 3 is 2.42 bits per heavy atom. The smallest absolute Gasteiger partial charge is 0.293 e. The largest absolute Gasteiger partial charge is 0.455 e. The number of hydrogen-bond acceptors (Lipinski definition) is 11. The molecule has 0 unspecified atom stereocenters. The molecule has 2 saturated heterocycles. The van der Waals surface area contributed by atoms with Gasteiger partial charge in [0.05, 0.1) is 27.2 Å². The molecule has 6 aromatic rings. The second-order valence-corrected chi connectivity index (χ2v) is 20.6. The van der Waals surface area contributed by atoms with E-state index in [2.05, 4.69) is 78.3 Å². The van der Waals surface area contributed by atoms with Crippen LogP contribution < -0.4 is 24.6 Å². The molecule has 0 atom stereocenters. The lowest BCUT2D eigenvalue weighted by Gasteiger charge is -2.47. The van der Waals surface area contributed by atoms with Gasteiger partial charge >= 0.3 is 0 Å². The first kappa shape index (κ1) is 43.4. The Balaban J connectivity index is 0.861.